The molecule has 448 valence electrons. The summed E-state index contributed by atoms with van der Waals surface area (Å²) in [6.45, 7) is 12.2. The zero-order chi connectivity index (χ0) is 56.2. The first-order valence-electron chi connectivity index (χ1n) is 32.2. The summed E-state index contributed by atoms with van der Waals surface area (Å²) in [5.41, 5.74) is 0.587. The normalized spacial score (nSPS) is 28.0. The molecule has 1 aliphatic heterocycles. The number of hydrogen-bond donors (Lipinski definition) is 3. The summed E-state index contributed by atoms with van der Waals surface area (Å²) in [6.07, 6.45) is 38.5. The van der Waals surface area contributed by atoms with Gasteiger partial charge in [-0.1, -0.05) is 104 Å². The van der Waals surface area contributed by atoms with Crippen LogP contribution in [0.1, 0.15) is 233 Å². The van der Waals surface area contributed by atoms with Crippen molar-refractivity contribution in [1.82, 2.24) is 20.4 Å². The Labute approximate surface area is 474 Å². The highest BCUT2D eigenvalue weighted by Crippen LogP contribution is 2.68. The van der Waals surface area contributed by atoms with Crippen molar-refractivity contribution < 1.29 is 43.3 Å². The van der Waals surface area contributed by atoms with Gasteiger partial charge in [-0.2, -0.15) is 0 Å². The molecule has 0 aromatic carbocycles. The number of nitrogens with one attached hydrogen (secondary N) is 2. The number of Topliss-reactive ketones (excluding diaryl/α,β-unsaturated/α-hetero) is 1. The maximum absolute atomic E-state index is 14.1. The number of rotatable bonds is 40. The van der Waals surface area contributed by atoms with Crippen molar-refractivity contribution in [3.05, 3.63) is 12.2 Å². The minimum absolute atomic E-state index is 0.00632. The molecule has 4 saturated carbocycles. The van der Waals surface area contributed by atoms with Gasteiger partial charge in [0.05, 0.1) is 45.6 Å². The highest BCUT2D eigenvalue weighted by Gasteiger charge is 2.60. The monoisotopic (exact) mass is 1090 g/mol. The lowest BCUT2D eigenvalue weighted by molar-refractivity contribution is -0.139. The molecule has 78 heavy (non-hydrogen) atoms. The summed E-state index contributed by atoms with van der Waals surface area (Å²) in [6, 6.07) is 0.322. The fraction of sp³-hybridized carbons (Fsp3) is 0.892. The number of hydrogen-bond acceptors (Lipinski definition) is 9. The summed E-state index contributed by atoms with van der Waals surface area (Å²) >= 11 is 0. The van der Waals surface area contributed by atoms with Gasteiger partial charge >= 0.3 is 0 Å². The highest BCUT2D eigenvalue weighted by atomic mass is 16.5. The molecule has 13 heteroatoms. The van der Waals surface area contributed by atoms with E-state index in [2.05, 4.69) is 50.5 Å². The highest BCUT2D eigenvalue weighted by molar-refractivity contribution is 5.89. The summed E-state index contributed by atoms with van der Waals surface area (Å²) in [5, 5.41) is 16.0. The summed E-state index contributed by atoms with van der Waals surface area (Å²) < 4.78 is 15.9. The number of ether oxygens (including phenoxy) is 3. The molecular weight excluding hydrogens is 981 g/mol. The number of aliphatic hydroxyl groups excluding tert-OH is 1. The molecule has 4 unspecified atom stereocenters. The van der Waals surface area contributed by atoms with Gasteiger partial charge in [-0.15, -0.1) is 0 Å². The van der Waals surface area contributed by atoms with Gasteiger partial charge < -0.3 is 39.8 Å². The standard InChI is InChI=1S/C65H114N4O9/c1-7-8-9-10-11-12-13-14-15-16-17-18-19-20-24-27-60(72)67-53-35-37-64(3)52(44-53)30-31-56-58-33-32-57(65(58,4)38-36-59(56)64)50(2)29-34-62(74)68(47-61(73)66-39-40-78-42-41-76-5)46-55(71)26-23-21-22-25-28-63(75)69-45-51(48-70)43-54(69)49-77-6/h14-15,50-54,56-59,70H,7-13,16-49H2,1-6H3,(H,66,73)(H,67,72)/b15-14-/t50-,51-,52?,53+,54+,56?,57-,58?,59?,64+,65-/m1/s1. The van der Waals surface area contributed by atoms with Crippen molar-refractivity contribution in [2.45, 2.75) is 245 Å². The van der Waals surface area contributed by atoms with Crippen molar-refractivity contribution in [2.24, 2.45) is 52.3 Å². The number of methoxy groups -OCH3 is 2. The van der Waals surface area contributed by atoms with Crippen molar-refractivity contribution >= 4 is 29.4 Å². The van der Waals surface area contributed by atoms with E-state index in [1.165, 1.54) is 120 Å². The van der Waals surface area contributed by atoms with Crippen LogP contribution in [-0.4, -0.2) is 130 Å². The van der Waals surface area contributed by atoms with Gasteiger partial charge in [0.25, 0.3) is 0 Å². The number of nitrogens with zero attached hydrogens (tertiary/aromatic N) is 2. The molecule has 0 aromatic rings. The third-order valence-corrected chi connectivity index (χ3v) is 20.4. The van der Waals surface area contributed by atoms with Gasteiger partial charge in [-0.3, -0.25) is 24.0 Å². The minimum atomic E-state index is -0.297. The number of ketones is 1. The number of carbonyl (C=O) groups excluding carboxylic acids is 5. The Bertz CT molecular complexity index is 1800. The van der Waals surface area contributed by atoms with E-state index >= 15 is 0 Å². The van der Waals surface area contributed by atoms with Crippen LogP contribution in [0, 0.1) is 52.3 Å². The van der Waals surface area contributed by atoms with Gasteiger partial charge in [-0.25, -0.2) is 0 Å². The lowest BCUT2D eigenvalue weighted by atomic mass is 9.44. The van der Waals surface area contributed by atoms with Crippen molar-refractivity contribution in [3.8, 4) is 0 Å². The molecule has 3 N–H and O–H groups in total. The van der Waals surface area contributed by atoms with E-state index < -0.39 is 0 Å². The fourth-order valence-electron chi connectivity index (χ4n) is 15.9. The van der Waals surface area contributed by atoms with Gasteiger partial charge in [0.15, 0.2) is 5.78 Å². The molecular formula is C65H114N4O9. The third kappa shape index (κ3) is 20.8. The van der Waals surface area contributed by atoms with Crippen LogP contribution in [0.5, 0.6) is 0 Å². The SMILES string of the molecule is CCCCCCCC/C=C\CCCCCCCC(=O)N[C@H]1CC[C@@]2(C)C(CCC3C2CC[C@@]2(C)C3CC[C@@H]2[C@H](C)CCC(=O)N(CC(=O)CCCCCCC(=O)N2C[C@H](CO)C[C@H]2COC)CC(=O)NCCOCCOC)C1. The van der Waals surface area contributed by atoms with Crippen LogP contribution in [0.15, 0.2) is 12.2 Å². The van der Waals surface area contributed by atoms with Crippen molar-refractivity contribution in [2.75, 3.05) is 73.4 Å². The quantitative estimate of drug-likeness (QED) is 0.0400. The third-order valence-electron chi connectivity index (χ3n) is 20.4. The predicted octanol–water partition coefficient (Wildman–Crippen LogP) is 12.0. The zero-order valence-electron chi connectivity index (χ0n) is 50.4. The Morgan fingerprint density at radius 3 is 2.06 bits per heavy atom. The molecule has 13 nitrogen and oxygen atoms in total. The molecule has 11 atom stereocenters. The van der Waals surface area contributed by atoms with E-state index in [1.54, 1.807) is 14.2 Å². The molecule has 0 aromatic heterocycles. The predicted molar refractivity (Wildman–Crippen MR) is 313 cm³/mol. The average Bonchev–Trinajstić information content (AvgIpc) is 4.20. The van der Waals surface area contributed by atoms with Gasteiger partial charge in [0.2, 0.25) is 23.6 Å². The van der Waals surface area contributed by atoms with Crippen LogP contribution in [0.4, 0.5) is 0 Å². The van der Waals surface area contributed by atoms with E-state index in [4.69, 9.17) is 14.2 Å². The van der Waals surface area contributed by atoms with Crippen LogP contribution >= 0.6 is 0 Å². The van der Waals surface area contributed by atoms with E-state index in [0.29, 0.717) is 107 Å². The van der Waals surface area contributed by atoms with Gasteiger partial charge in [0, 0.05) is 71.6 Å². The first kappa shape index (κ1) is 65.9. The average molecular weight is 1100 g/mol. The van der Waals surface area contributed by atoms with Crippen molar-refractivity contribution in [1.29, 1.82) is 0 Å². The molecule has 0 bridgehead atoms. The molecule has 0 spiro atoms. The lowest BCUT2D eigenvalue weighted by Gasteiger charge is -2.61. The Morgan fingerprint density at radius 2 is 1.36 bits per heavy atom. The van der Waals surface area contributed by atoms with Crippen LogP contribution in [0.25, 0.3) is 0 Å². The van der Waals surface area contributed by atoms with Crippen LogP contribution in [0.3, 0.4) is 0 Å². The number of amides is 4. The molecule has 4 amide bonds. The first-order valence-corrected chi connectivity index (χ1v) is 32.2. The second-order valence-corrected chi connectivity index (χ2v) is 25.9. The second kappa shape index (κ2) is 35.9. The van der Waals surface area contributed by atoms with E-state index in [1.807, 2.05) is 4.90 Å². The minimum Gasteiger partial charge on any atom is -0.396 e. The lowest BCUT2D eigenvalue weighted by Crippen LogP contribution is -2.55. The number of fused-ring (bicyclic) bond motifs is 5. The molecule has 1 heterocycles. The number of allylic oxidation sites excluding steroid dienone is 2. The van der Waals surface area contributed by atoms with Crippen LogP contribution in [-0.2, 0) is 38.2 Å². The number of carbonyl (C=O) groups is 5. The molecule has 5 aliphatic rings. The molecule has 5 fully saturated rings. The Kier molecular flexibility index (Phi) is 30.3. The molecule has 1 saturated heterocycles. The number of aliphatic hydroxyl groups is 1. The Balaban J connectivity index is 1.02. The van der Waals surface area contributed by atoms with E-state index in [-0.39, 0.29) is 66.5 Å². The Morgan fingerprint density at radius 1 is 0.692 bits per heavy atom. The topological polar surface area (TPSA) is 164 Å². The molecule has 4 aliphatic carbocycles. The number of likely N-dealkylation sites (tertiary alicyclic amines) is 1. The van der Waals surface area contributed by atoms with Crippen LogP contribution < -0.4 is 10.6 Å². The van der Waals surface area contributed by atoms with Gasteiger partial charge in [0.1, 0.15) is 0 Å². The number of unbranched alkanes of at least 4 members (excludes halogenated alkanes) is 14. The maximum Gasteiger partial charge on any atom is 0.239 e. The fourth-order valence-corrected chi connectivity index (χ4v) is 15.9. The maximum atomic E-state index is 14.1. The smallest absolute Gasteiger partial charge is 0.239 e. The molecule has 0 radical (unpaired) electrons. The summed E-state index contributed by atoms with van der Waals surface area (Å²) in [7, 11) is 3.25. The van der Waals surface area contributed by atoms with Crippen LogP contribution in [0.2, 0.25) is 0 Å². The Hall–Kier alpha value is -2.87. The summed E-state index contributed by atoms with van der Waals surface area (Å²) in [4.78, 5) is 70.3. The first-order chi connectivity index (χ1) is 37.8. The van der Waals surface area contributed by atoms with Crippen molar-refractivity contribution in [3.63, 3.8) is 0 Å². The second-order valence-electron chi connectivity index (χ2n) is 25.9. The zero-order valence-corrected chi connectivity index (χ0v) is 50.4. The molecule has 5 rings (SSSR count). The van der Waals surface area contributed by atoms with E-state index in [9.17, 15) is 29.1 Å². The summed E-state index contributed by atoms with van der Waals surface area (Å²) in [5.74, 6) is 3.73. The largest absolute Gasteiger partial charge is 0.396 e. The van der Waals surface area contributed by atoms with E-state index in [0.717, 1.165) is 69.6 Å². The van der Waals surface area contributed by atoms with Gasteiger partial charge in [-0.05, 0) is 162 Å².